The summed E-state index contributed by atoms with van der Waals surface area (Å²) in [7, 11) is 0. The molecule has 92 valence electrons. The number of aromatic nitrogens is 2. The van der Waals surface area contributed by atoms with Crippen molar-refractivity contribution in [3.63, 3.8) is 0 Å². The van der Waals surface area contributed by atoms with E-state index in [1.54, 1.807) is 17.2 Å². The second-order valence-electron chi connectivity index (χ2n) is 3.74. The van der Waals surface area contributed by atoms with Crippen LogP contribution in [0.4, 0.5) is 0 Å². The molecule has 0 N–H and O–H groups in total. The van der Waals surface area contributed by atoms with Crippen LogP contribution in [0, 0.1) is 0 Å². The first-order valence-electron chi connectivity index (χ1n) is 5.37. The zero-order chi connectivity index (χ0) is 12.5. The Bertz CT molecular complexity index is 730. The number of fused-ring (bicyclic) bond motifs is 1. The Hall–Kier alpha value is -1.40. The molecule has 3 aromatic heterocycles. The molecule has 0 aliphatic heterocycles. The summed E-state index contributed by atoms with van der Waals surface area (Å²) in [5, 5.41) is 3.27. The third-order valence-electron chi connectivity index (χ3n) is 2.67. The molecule has 0 saturated heterocycles. The van der Waals surface area contributed by atoms with Crippen molar-refractivity contribution in [1.82, 2.24) is 9.55 Å². The number of halogens is 1. The summed E-state index contributed by atoms with van der Waals surface area (Å²) < 4.78 is 6.97. The molecule has 6 heteroatoms. The molecule has 18 heavy (non-hydrogen) atoms. The Morgan fingerprint density at radius 2 is 2.39 bits per heavy atom. The quantitative estimate of drug-likeness (QED) is 0.695. The molecule has 0 aliphatic carbocycles. The van der Waals surface area contributed by atoms with Gasteiger partial charge in [-0.05, 0) is 12.1 Å². The van der Waals surface area contributed by atoms with E-state index < -0.39 is 0 Å². The van der Waals surface area contributed by atoms with Gasteiger partial charge >= 0.3 is 0 Å². The van der Waals surface area contributed by atoms with Gasteiger partial charge in [-0.2, -0.15) is 0 Å². The summed E-state index contributed by atoms with van der Waals surface area (Å²) in [5.41, 5.74) is 0.800. The maximum Gasteiger partial charge on any atom is 0.262 e. The Balaban J connectivity index is 2.29. The van der Waals surface area contributed by atoms with E-state index in [0.29, 0.717) is 17.7 Å². The zero-order valence-electron chi connectivity index (χ0n) is 9.30. The van der Waals surface area contributed by atoms with Crippen molar-refractivity contribution in [3.05, 3.63) is 40.5 Å². The highest BCUT2D eigenvalue weighted by Gasteiger charge is 2.14. The van der Waals surface area contributed by atoms with Crippen molar-refractivity contribution in [2.75, 3.05) is 5.33 Å². The number of hydrogen-bond acceptors (Lipinski definition) is 4. The molecule has 0 fully saturated rings. The minimum atomic E-state index is -0.0212. The Morgan fingerprint density at radius 1 is 1.50 bits per heavy atom. The third kappa shape index (κ3) is 1.81. The number of aryl methyl sites for hydroxylation is 1. The van der Waals surface area contributed by atoms with Crippen LogP contribution in [0.2, 0.25) is 0 Å². The van der Waals surface area contributed by atoms with Crippen LogP contribution in [0.1, 0.15) is 0 Å². The summed E-state index contributed by atoms with van der Waals surface area (Å²) in [6.45, 7) is 0.606. The van der Waals surface area contributed by atoms with E-state index in [1.165, 1.54) is 11.3 Å². The monoisotopic (exact) mass is 324 g/mol. The fourth-order valence-corrected chi connectivity index (χ4v) is 3.10. The highest BCUT2D eigenvalue weighted by Crippen LogP contribution is 2.30. The molecule has 0 aliphatic rings. The van der Waals surface area contributed by atoms with Crippen LogP contribution in [-0.4, -0.2) is 14.9 Å². The molecule has 0 bridgehead atoms. The van der Waals surface area contributed by atoms with E-state index in [4.69, 9.17) is 4.42 Å². The summed E-state index contributed by atoms with van der Waals surface area (Å²) in [6, 6.07) is 3.66. The average molecular weight is 325 g/mol. The van der Waals surface area contributed by atoms with Crippen LogP contribution in [0.25, 0.3) is 21.5 Å². The minimum absolute atomic E-state index is 0.0212. The lowest BCUT2D eigenvalue weighted by Crippen LogP contribution is -2.20. The molecule has 3 rings (SSSR count). The van der Waals surface area contributed by atoms with Gasteiger partial charge in [0.25, 0.3) is 5.56 Å². The summed E-state index contributed by atoms with van der Waals surface area (Å²) in [5.74, 6) is 0.705. The highest BCUT2D eigenvalue weighted by molar-refractivity contribution is 9.09. The fourth-order valence-electron chi connectivity index (χ4n) is 1.83. The minimum Gasteiger partial charge on any atom is -0.464 e. The molecule has 0 spiro atoms. The summed E-state index contributed by atoms with van der Waals surface area (Å²) >= 11 is 4.79. The first-order valence-corrected chi connectivity index (χ1v) is 7.38. The van der Waals surface area contributed by atoms with Crippen LogP contribution in [0.5, 0.6) is 0 Å². The van der Waals surface area contributed by atoms with Gasteiger partial charge in [0.2, 0.25) is 0 Å². The zero-order valence-corrected chi connectivity index (χ0v) is 11.7. The fraction of sp³-hybridized carbons (Fsp3) is 0.167. The molecule has 0 saturated carbocycles. The Labute approximate surface area is 115 Å². The number of nitrogens with zero attached hydrogens (tertiary/aromatic N) is 2. The van der Waals surface area contributed by atoms with Gasteiger partial charge in [0.05, 0.1) is 18.0 Å². The molecule has 4 nitrogen and oxygen atoms in total. The van der Waals surface area contributed by atoms with Crippen LogP contribution in [0.3, 0.4) is 0 Å². The third-order valence-corrected chi connectivity index (χ3v) is 3.91. The van der Waals surface area contributed by atoms with Gasteiger partial charge in [0.15, 0.2) is 0 Å². The van der Waals surface area contributed by atoms with Gasteiger partial charge in [-0.25, -0.2) is 4.98 Å². The lowest BCUT2D eigenvalue weighted by atomic mass is 10.2. The smallest absolute Gasteiger partial charge is 0.262 e. The van der Waals surface area contributed by atoms with Gasteiger partial charge in [-0.3, -0.25) is 9.36 Å². The molecule has 0 unspecified atom stereocenters. The van der Waals surface area contributed by atoms with Gasteiger partial charge in [0, 0.05) is 22.8 Å². The summed E-state index contributed by atoms with van der Waals surface area (Å²) in [4.78, 5) is 17.4. The van der Waals surface area contributed by atoms with Gasteiger partial charge < -0.3 is 4.42 Å². The second-order valence-corrected chi connectivity index (χ2v) is 5.39. The van der Waals surface area contributed by atoms with Crippen molar-refractivity contribution in [1.29, 1.82) is 0 Å². The molecule has 3 heterocycles. The average Bonchev–Trinajstić information content (AvgIpc) is 3.00. The summed E-state index contributed by atoms with van der Waals surface area (Å²) in [6.07, 6.45) is 3.19. The Morgan fingerprint density at radius 3 is 3.11 bits per heavy atom. The molecule has 0 amide bonds. The van der Waals surface area contributed by atoms with Crippen molar-refractivity contribution in [2.24, 2.45) is 0 Å². The number of rotatable bonds is 3. The normalized spacial score (nSPS) is 11.2. The van der Waals surface area contributed by atoms with E-state index in [0.717, 1.165) is 15.7 Å². The standard InChI is InChI=1S/C12H9BrN2O2S/c13-3-4-15-7-14-11-10(12(15)16)8(6-18-11)9-2-1-5-17-9/h1-2,5-7H,3-4H2. The number of hydrogen-bond donors (Lipinski definition) is 0. The van der Waals surface area contributed by atoms with Crippen molar-refractivity contribution in [2.45, 2.75) is 6.54 Å². The van der Waals surface area contributed by atoms with E-state index in [-0.39, 0.29) is 5.56 Å². The predicted molar refractivity (Wildman–Crippen MR) is 75.4 cm³/mol. The maximum atomic E-state index is 12.4. The topological polar surface area (TPSA) is 48.0 Å². The molecule has 3 aromatic rings. The van der Waals surface area contributed by atoms with Crippen molar-refractivity contribution in [3.8, 4) is 11.3 Å². The van der Waals surface area contributed by atoms with Crippen LogP contribution in [-0.2, 0) is 6.54 Å². The molecular weight excluding hydrogens is 316 g/mol. The van der Waals surface area contributed by atoms with Crippen LogP contribution in [0.15, 0.2) is 39.3 Å². The molecular formula is C12H9BrN2O2S. The maximum absolute atomic E-state index is 12.4. The Kier molecular flexibility index (Phi) is 3.05. The van der Waals surface area contributed by atoms with E-state index in [9.17, 15) is 4.79 Å². The first kappa shape index (κ1) is 11.7. The highest BCUT2D eigenvalue weighted by atomic mass is 79.9. The van der Waals surface area contributed by atoms with E-state index in [1.807, 2.05) is 17.5 Å². The molecule has 0 atom stereocenters. The van der Waals surface area contributed by atoms with E-state index >= 15 is 0 Å². The van der Waals surface area contributed by atoms with Gasteiger partial charge in [-0.15, -0.1) is 11.3 Å². The van der Waals surface area contributed by atoms with Gasteiger partial charge in [0.1, 0.15) is 10.6 Å². The van der Waals surface area contributed by atoms with E-state index in [2.05, 4.69) is 20.9 Å². The van der Waals surface area contributed by atoms with Crippen LogP contribution >= 0.6 is 27.3 Å². The SMILES string of the molecule is O=c1c2c(-c3ccco3)csc2ncn1CCBr. The lowest BCUT2D eigenvalue weighted by molar-refractivity contribution is 0.583. The second kappa shape index (κ2) is 4.70. The van der Waals surface area contributed by atoms with Crippen molar-refractivity contribution < 1.29 is 4.42 Å². The van der Waals surface area contributed by atoms with Crippen LogP contribution < -0.4 is 5.56 Å². The van der Waals surface area contributed by atoms with Gasteiger partial charge in [-0.1, -0.05) is 15.9 Å². The number of thiophene rings is 1. The first-order chi connectivity index (χ1) is 8.81. The number of furan rings is 1. The van der Waals surface area contributed by atoms with Crippen molar-refractivity contribution >= 4 is 37.5 Å². The predicted octanol–water partition coefficient (Wildman–Crippen LogP) is 3.11. The molecule has 0 aromatic carbocycles. The molecule has 0 radical (unpaired) electrons. The largest absolute Gasteiger partial charge is 0.464 e. The lowest BCUT2D eigenvalue weighted by Gasteiger charge is -2.02. The number of alkyl halides is 1.